The molecule has 0 aromatic rings. The van der Waals surface area contributed by atoms with Crippen LogP contribution in [-0.4, -0.2) is 23.1 Å². The first kappa shape index (κ1) is 23.8. The number of aliphatic carboxylic acids is 1. The third-order valence-electron chi connectivity index (χ3n) is 4.92. The van der Waals surface area contributed by atoms with E-state index in [4.69, 9.17) is 0 Å². The Hall–Kier alpha value is -1.19. The molecule has 0 rings (SSSR count). The van der Waals surface area contributed by atoms with E-state index < -0.39 is 17.8 Å². The van der Waals surface area contributed by atoms with Crippen molar-refractivity contribution in [3.05, 3.63) is 0 Å². The first-order valence-corrected chi connectivity index (χ1v) is 10.2. The number of hydrogen-bond acceptors (Lipinski definition) is 3. The van der Waals surface area contributed by atoms with Crippen LogP contribution in [0.5, 0.6) is 0 Å². The Kier molecular flexibility index (Phi) is 15.5. The second-order valence-electron chi connectivity index (χ2n) is 7.27. The average Bonchev–Trinajstić information content (AvgIpc) is 2.58. The van der Waals surface area contributed by atoms with Crippen molar-refractivity contribution < 1.29 is 19.5 Å². The van der Waals surface area contributed by atoms with E-state index in [0.717, 1.165) is 19.3 Å². The van der Waals surface area contributed by atoms with Gasteiger partial charge in [0, 0.05) is 12.3 Å². The fourth-order valence-corrected chi connectivity index (χ4v) is 3.18. The lowest BCUT2D eigenvalue weighted by Crippen LogP contribution is -2.28. The number of unbranched alkanes of at least 4 members (excludes halogenated alkanes) is 11. The van der Waals surface area contributed by atoms with Crippen LogP contribution in [-0.2, 0) is 14.4 Å². The molecule has 0 aliphatic carbocycles. The topological polar surface area (TPSA) is 71.4 Å². The standard InChI is InChI=1S/C21H38O4/c1-3-4-5-6-7-8-9-10-11-12-13-14-15-19(21(24)25)20(23)18(2)16-17-22/h17-19H,3-16H2,1-2H3,(H,24,25). The van der Waals surface area contributed by atoms with Crippen LogP contribution >= 0.6 is 0 Å². The largest absolute Gasteiger partial charge is 0.481 e. The number of carbonyl (C=O) groups excluding carboxylic acids is 2. The summed E-state index contributed by atoms with van der Waals surface area (Å²) < 4.78 is 0. The van der Waals surface area contributed by atoms with E-state index in [0.29, 0.717) is 12.7 Å². The molecule has 0 aliphatic heterocycles. The molecule has 146 valence electrons. The van der Waals surface area contributed by atoms with Gasteiger partial charge in [-0.25, -0.2) is 0 Å². The third kappa shape index (κ3) is 12.8. The van der Waals surface area contributed by atoms with E-state index in [2.05, 4.69) is 6.92 Å². The van der Waals surface area contributed by atoms with Gasteiger partial charge in [0.1, 0.15) is 18.0 Å². The van der Waals surface area contributed by atoms with E-state index in [1.54, 1.807) is 6.92 Å². The van der Waals surface area contributed by atoms with Crippen molar-refractivity contribution >= 4 is 18.0 Å². The summed E-state index contributed by atoms with van der Waals surface area (Å²) in [5.74, 6) is -2.79. The van der Waals surface area contributed by atoms with Crippen molar-refractivity contribution in [1.29, 1.82) is 0 Å². The van der Waals surface area contributed by atoms with Crippen LogP contribution in [0, 0.1) is 11.8 Å². The number of Topliss-reactive ketones (excluding diaryl/α,β-unsaturated/α-hetero) is 1. The van der Waals surface area contributed by atoms with Gasteiger partial charge in [0.25, 0.3) is 0 Å². The van der Waals surface area contributed by atoms with Gasteiger partial charge >= 0.3 is 5.97 Å². The summed E-state index contributed by atoms with van der Waals surface area (Å²) >= 11 is 0. The van der Waals surface area contributed by atoms with Gasteiger partial charge in [0.2, 0.25) is 0 Å². The number of rotatable bonds is 18. The normalized spacial score (nSPS) is 13.4. The zero-order chi connectivity index (χ0) is 18.9. The fourth-order valence-electron chi connectivity index (χ4n) is 3.18. The van der Waals surface area contributed by atoms with Crippen LogP contribution < -0.4 is 0 Å². The van der Waals surface area contributed by atoms with Gasteiger partial charge in [-0.15, -0.1) is 0 Å². The quantitative estimate of drug-likeness (QED) is 0.198. The van der Waals surface area contributed by atoms with E-state index in [1.165, 1.54) is 57.8 Å². The molecule has 2 atom stereocenters. The van der Waals surface area contributed by atoms with Crippen LogP contribution in [0.4, 0.5) is 0 Å². The molecule has 0 spiro atoms. The average molecular weight is 355 g/mol. The van der Waals surface area contributed by atoms with Gasteiger partial charge in [-0.05, 0) is 6.42 Å². The van der Waals surface area contributed by atoms with Crippen LogP contribution in [0.3, 0.4) is 0 Å². The van der Waals surface area contributed by atoms with Gasteiger partial charge in [-0.2, -0.15) is 0 Å². The lowest BCUT2D eigenvalue weighted by atomic mass is 9.88. The molecule has 0 aliphatic rings. The summed E-state index contributed by atoms with van der Waals surface area (Å²) in [5.41, 5.74) is 0. The van der Waals surface area contributed by atoms with Crippen molar-refractivity contribution in [2.45, 2.75) is 104 Å². The lowest BCUT2D eigenvalue weighted by molar-refractivity contribution is -0.148. The SMILES string of the molecule is CCCCCCCCCCCCCCC(C(=O)O)C(=O)C(C)CC=O. The van der Waals surface area contributed by atoms with Crippen molar-refractivity contribution in [1.82, 2.24) is 0 Å². The zero-order valence-electron chi connectivity index (χ0n) is 16.3. The maximum Gasteiger partial charge on any atom is 0.314 e. The van der Waals surface area contributed by atoms with Crippen molar-refractivity contribution in [2.24, 2.45) is 11.8 Å². The van der Waals surface area contributed by atoms with E-state index in [1.807, 2.05) is 0 Å². The summed E-state index contributed by atoms with van der Waals surface area (Å²) in [7, 11) is 0. The second kappa shape index (κ2) is 16.3. The summed E-state index contributed by atoms with van der Waals surface area (Å²) in [4.78, 5) is 33.8. The van der Waals surface area contributed by atoms with Crippen molar-refractivity contribution in [3.8, 4) is 0 Å². The van der Waals surface area contributed by atoms with E-state index in [-0.39, 0.29) is 12.2 Å². The van der Waals surface area contributed by atoms with Gasteiger partial charge in [-0.1, -0.05) is 90.9 Å². The summed E-state index contributed by atoms with van der Waals surface area (Å²) in [6.45, 7) is 3.87. The van der Waals surface area contributed by atoms with Gasteiger partial charge in [0.15, 0.2) is 0 Å². The van der Waals surface area contributed by atoms with Crippen LogP contribution in [0.15, 0.2) is 0 Å². The van der Waals surface area contributed by atoms with Gasteiger partial charge in [-0.3, -0.25) is 9.59 Å². The Morgan fingerprint density at radius 1 is 0.840 bits per heavy atom. The zero-order valence-corrected chi connectivity index (χ0v) is 16.3. The van der Waals surface area contributed by atoms with Crippen molar-refractivity contribution in [3.63, 3.8) is 0 Å². The minimum atomic E-state index is -1.05. The van der Waals surface area contributed by atoms with Crippen molar-refractivity contribution in [2.75, 3.05) is 0 Å². The number of carboxylic acid groups (broad SMARTS) is 1. The minimum Gasteiger partial charge on any atom is -0.481 e. The Labute approximate surface area is 153 Å². The minimum absolute atomic E-state index is 0.112. The second-order valence-corrected chi connectivity index (χ2v) is 7.27. The molecule has 0 aromatic carbocycles. The molecule has 0 saturated heterocycles. The highest BCUT2D eigenvalue weighted by molar-refractivity contribution is 5.99. The molecule has 0 saturated carbocycles. The molecule has 2 unspecified atom stereocenters. The summed E-state index contributed by atoms with van der Waals surface area (Å²) in [6.07, 6.45) is 15.9. The lowest BCUT2D eigenvalue weighted by Gasteiger charge is -2.14. The smallest absolute Gasteiger partial charge is 0.314 e. The number of carbonyl (C=O) groups is 3. The molecule has 0 amide bonds. The summed E-state index contributed by atoms with van der Waals surface area (Å²) in [6, 6.07) is 0. The van der Waals surface area contributed by atoms with Crippen LogP contribution in [0.2, 0.25) is 0 Å². The molecule has 0 bridgehead atoms. The number of ketones is 1. The molecule has 4 heteroatoms. The highest BCUT2D eigenvalue weighted by Crippen LogP contribution is 2.19. The molecule has 25 heavy (non-hydrogen) atoms. The van der Waals surface area contributed by atoms with Crippen LogP contribution in [0.25, 0.3) is 0 Å². The Bertz CT molecular complexity index is 365. The van der Waals surface area contributed by atoms with Gasteiger partial charge in [0.05, 0.1) is 0 Å². The first-order valence-electron chi connectivity index (χ1n) is 10.2. The number of carboxylic acids is 1. The maximum atomic E-state index is 12.1. The fraction of sp³-hybridized carbons (Fsp3) is 0.857. The Morgan fingerprint density at radius 3 is 1.68 bits per heavy atom. The summed E-state index contributed by atoms with van der Waals surface area (Å²) in [5, 5.41) is 9.23. The molecule has 1 N–H and O–H groups in total. The molecular weight excluding hydrogens is 316 g/mol. The van der Waals surface area contributed by atoms with Crippen LogP contribution in [0.1, 0.15) is 104 Å². The molecule has 0 fully saturated rings. The Morgan fingerprint density at radius 2 is 1.28 bits per heavy atom. The van der Waals surface area contributed by atoms with E-state index in [9.17, 15) is 19.5 Å². The third-order valence-corrected chi connectivity index (χ3v) is 4.92. The molecular formula is C21H38O4. The number of hydrogen-bond donors (Lipinski definition) is 1. The maximum absolute atomic E-state index is 12.1. The highest BCUT2D eigenvalue weighted by atomic mass is 16.4. The predicted molar refractivity (Wildman–Crippen MR) is 102 cm³/mol. The Balaban J connectivity index is 3.68. The monoisotopic (exact) mass is 354 g/mol. The predicted octanol–water partition coefficient (Wildman–Crippen LogP) is 5.57. The van der Waals surface area contributed by atoms with E-state index >= 15 is 0 Å². The van der Waals surface area contributed by atoms with Gasteiger partial charge < -0.3 is 9.90 Å². The molecule has 4 nitrogen and oxygen atoms in total. The molecule has 0 radical (unpaired) electrons. The highest BCUT2D eigenvalue weighted by Gasteiger charge is 2.29. The molecule has 0 heterocycles. The first-order chi connectivity index (χ1) is 12.0. The number of aldehydes is 1. The molecule has 0 aromatic heterocycles.